The van der Waals surface area contributed by atoms with Gasteiger partial charge in [0.15, 0.2) is 11.5 Å². The molecular formula is C18H19N3O4S. The number of hydrogen-bond donors (Lipinski definition) is 2. The van der Waals surface area contributed by atoms with Crippen LogP contribution in [0.3, 0.4) is 0 Å². The first-order valence-corrected chi connectivity index (χ1v) is 9.50. The van der Waals surface area contributed by atoms with Gasteiger partial charge in [0.05, 0.1) is 42.1 Å². The molecule has 0 heterocycles. The number of nitrogens with one attached hydrogen (secondary N) is 2. The summed E-state index contributed by atoms with van der Waals surface area (Å²) in [5.41, 5.74) is 1.36. The van der Waals surface area contributed by atoms with E-state index in [1.54, 1.807) is 12.1 Å². The lowest BCUT2D eigenvalue weighted by Crippen LogP contribution is -2.15. The molecule has 1 saturated carbocycles. The molecule has 8 heteroatoms. The summed E-state index contributed by atoms with van der Waals surface area (Å²) in [5.74, 6) is 0.756. The van der Waals surface area contributed by atoms with Crippen molar-refractivity contribution in [1.29, 1.82) is 5.26 Å². The molecule has 0 aliphatic heterocycles. The first-order valence-electron chi connectivity index (χ1n) is 8.02. The molecule has 136 valence electrons. The van der Waals surface area contributed by atoms with Crippen LogP contribution < -0.4 is 19.5 Å². The Balaban J connectivity index is 1.95. The monoisotopic (exact) mass is 373 g/mol. The van der Waals surface area contributed by atoms with E-state index >= 15 is 0 Å². The van der Waals surface area contributed by atoms with Crippen molar-refractivity contribution in [3.05, 3.63) is 42.0 Å². The van der Waals surface area contributed by atoms with Crippen LogP contribution in [0.4, 0.5) is 11.4 Å². The molecule has 0 bridgehead atoms. The third-order valence-corrected chi connectivity index (χ3v) is 5.36. The minimum absolute atomic E-state index is 0.0369. The fraction of sp³-hybridized carbons (Fsp3) is 0.278. The predicted octanol–water partition coefficient (Wildman–Crippen LogP) is 2.95. The van der Waals surface area contributed by atoms with Gasteiger partial charge in [0, 0.05) is 12.1 Å². The van der Waals surface area contributed by atoms with Gasteiger partial charge in [-0.2, -0.15) is 5.26 Å². The van der Waals surface area contributed by atoms with E-state index in [4.69, 9.17) is 14.7 Å². The standard InChI is InChI=1S/C18H19N3O4S/c1-24-17-8-6-14(10-18(17)25-2)26(22,23)21-16-9-12(11-19)3-7-15(16)20-13-4-5-13/h3,6-10,13,20-21H,4-5H2,1-2H3. The number of hydrogen-bond acceptors (Lipinski definition) is 6. The zero-order valence-corrected chi connectivity index (χ0v) is 15.3. The van der Waals surface area contributed by atoms with Crippen LogP contribution in [0.1, 0.15) is 18.4 Å². The Bertz CT molecular complexity index is 963. The average molecular weight is 373 g/mol. The highest BCUT2D eigenvalue weighted by atomic mass is 32.2. The van der Waals surface area contributed by atoms with Crippen LogP contribution in [0.25, 0.3) is 0 Å². The minimum atomic E-state index is -3.87. The van der Waals surface area contributed by atoms with Gasteiger partial charge in [0.25, 0.3) is 10.0 Å². The number of nitriles is 1. The maximum Gasteiger partial charge on any atom is 0.262 e. The Kier molecular flexibility index (Phi) is 4.91. The lowest BCUT2D eigenvalue weighted by molar-refractivity contribution is 0.354. The minimum Gasteiger partial charge on any atom is -0.493 e. The van der Waals surface area contributed by atoms with Crippen LogP contribution in [-0.2, 0) is 10.0 Å². The first kappa shape index (κ1) is 17.9. The van der Waals surface area contributed by atoms with Crippen molar-refractivity contribution in [3.63, 3.8) is 0 Å². The van der Waals surface area contributed by atoms with Gasteiger partial charge >= 0.3 is 0 Å². The molecule has 2 aromatic rings. The Labute approximate surface area is 152 Å². The summed E-state index contributed by atoms with van der Waals surface area (Å²) in [5, 5.41) is 12.4. The summed E-state index contributed by atoms with van der Waals surface area (Å²) in [6.45, 7) is 0. The third kappa shape index (κ3) is 3.83. The van der Waals surface area contributed by atoms with E-state index in [0.717, 1.165) is 12.8 Å². The molecule has 0 atom stereocenters. The second-order valence-electron chi connectivity index (χ2n) is 5.91. The molecule has 7 nitrogen and oxygen atoms in total. The molecule has 0 amide bonds. The Morgan fingerprint density at radius 3 is 2.38 bits per heavy atom. The second kappa shape index (κ2) is 7.14. The first-order chi connectivity index (χ1) is 12.5. The van der Waals surface area contributed by atoms with Crippen molar-refractivity contribution in [2.24, 2.45) is 0 Å². The number of sulfonamides is 1. The molecule has 3 rings (SSSR count). The molecule has 1 aliphatic carbocycles. The number of ether oxygens (including phenoxy) is 2. The van der Waals surface area contributed by atoms with Crippen molar-refractivity contribution in [1.82, 2.24) is 0 Å². The Hall–Kier alpha value is -2.92. The lowest BCUT2D eigenvalue weighted by atomic mass is 10.2. The molecule has 26 heavy (non-hydrogen) atoms. The van der Waals surface area contributed by atoms with Crippen molar-refractivity contribution < 1.29 is 17.9 Å². The quantitative estimate of drug-likeness (QED) is 0.774. The summed E-state index contributed by atoms with van der Waals surface area (Å²) in [4.78, 5) is 0.0369. The highest BCUT2D eigenvalue weighted by Crippen LogP contribution is 2.33. The Morgan fingerprint density at radius 2 is 1.77 bits per heavy atom. The van der Waals surface area contributed by atoms with E-state index < -0.39 is 10.0 Å². The number of rotatable bonds is 7. The molecule has 2 aromatic carbocycles. The zero-order valence-electron chi connectivity index (χ0n) is 14.4. The van der Waals surface area contributed by atoms with Gasteiger partial charge in [-0.25, -0.2) is 8.42 Å². The highest BCUT2D eigenvalue weighted by molar-refractivity contribution is 7.92. The van der Waals surface area contributed by atoms with Crippen LogP contribution >= 0.6 is 0 Å². The summed E-state index contributed by atoms with van der Waals surface area (Å²) in [6, 6.07) is 11.6. The van der Waals surface area contributed by atoms with E-state index in [1.807, 2.05) is 6.07 Å². The van der Waals surface area contributed by atoms with Crippen molar-refractivity contribution in [3.8, 4) is 17.6 Å². The number of methoxy groups -OCH3 is 2. The van der Waals surface area contributed by atoms with Crippen molar-refractivity contribution >= 4 is 21.4 Å². The van der Waals surface area contributed by atoms with Crippen LogP contribution in [-0.4, -0.2) is 28.7 Å². The number of benzene rings is 2. The summed E-state index contributed by atoms with van der Waals surface area (Å²) in [7, 11) is -0.949. The van der Waals surface area contributed by atoms with Gasteiger partial charge in [-0.15, -0.1) is 0 Å². The number of anilines is 2. The fourth-order valence-electron chi connectivity index (χ4n) is 2.46. The van der Waals surface area contributed by atoms with Crippen molar-refractivity contribution in [2.45, 2.75) is 23.8 Å². The number of nitrogens with zero attached hydrogens (tertiary/aromatic N) is 1. The average Bonchev–Trinajstić information content (AvgIpc) is 3.46. The van der Waals surface area contributed by atoms with Gasteiger partial charge in [-0.3, -0.25) is 4.72 Å². The van der Waals surface area contributed by atoms with Gasteiger partial charge in [0.1, 0.15) is 0 Å². The van der Waals surface area contributed by atoms with Gasteiger partial charge in [-0.1, -0.05) is 0 Å². The largest absolute Gasteiger partial charge is 0.493 e. The van der Waals surface area contributed by atoms with E-state index in [9.17, 15) is 8.42 Å². The van der Waals surface area contributed by atoms with Gasteiger partial charge in [0.2, 0.25) is 0 Å². The maximum absolute atomic E-state index is 12.8. The maximum atomic E-state index is 12.8. The summed E-state index contributed by atoms with van der Waals surface area (Å²) < 4.78 is 38.5. The van der Waals surface area contributed by atoms with Crippen LogP contribution in [0.15, 0.2) is 41.3 Å². The smallest absolute Gasteiger partial charge is 0.262 e. The van der Waals surface area contributed by atoms with Crippen LogP contribution in [0, 0.1) is 11.3 Å². The molecule has 1 aliphatic rings. The topological polar surface area (TPSA) is 100 Å². The lowest BCUT2D eigenvalue weighted by Gasteiger charge is -2.15. The molecule has 2 N–H and O–H groups in total. The van der Waals surface area contributed by atoms with E-state index in [1.165, 1.54) is 38.5 Å². The molecule has 0 aromatic heterocycles. The van der Waals surface area contributed by atoms with E-state index in [2.05, 4.69) is 10.0 Å². The second-order valence-corrected chi connectivity index (χ2v) is 7.60. The molecule has 1 fully saturated rings. The third-order valence-electron chi connectivity index (χ3n) is 4.00. The van der Waals surface area contributed by atoms with Gasteiger partial charge < -0.3 is 14.8 Å². The summed E-state index contributed by atoms with van der Waals surface area (Å²) >= 11 is 0. The van der Waals surface area contributed by atoms with Crippen molar-refractivity contribution in [2.75, 3.05) is 24.3 Å². The van der Waals surface area contributed by atoms with E-state index in [0.29, 0.717) is 34.5 Å². The highest BCUT2D eigenvalue weighted by Gasteiger charge is 2.24. The predicted molar refractivity (Wildman–Crippen MR) is 98.2 cm³/mol. The zero-order chi connectivity index (χ0) is 18.7. The molecule has 0 unspecified atom stereocenters. The summed E-state index contributed by atoms with van der Waals surface area (Å²) in [6.07, 6.45) is 2.09. The fourth-order valence-corrected chi connectivity index (χ4v) is 3.54. The van der Waals surface area contributed by atoms with Crippen LogP contribution in [0.5, 0.6) is 11.5 Å². The molecule has 0 spiro atoms. The molecule has 0 radical (unpaired) electrons. The SMILES string of the molecule is COc1ccc(S(=O)(=O)Nc2cc(C#N)ccc2NC2CC2)cc1OC. The Morgan fingerprint density at radius 1 is 1.04 bits per heavy atom. The normalized spacial score (nSPS) is 13.6. The van der Waals surface area contributed by atoms with Crippen LogP contribution in [0.2, 0.25) is 0 Å². The molecule has 0 saturated heterocycles. The van der Waals surface area contributed by atoms with E-state index in [-0.39, 0.29) is 4.90 Å². The van der Waals surface area contributed by atoms with Gasteiger partial charge in [-0.05, 0) is 43.2 Å². The molecular weight excluding hydrogens is 354 g/mol.